The second-order valence-corrected chi connectivity index (χ2v) is 6.76. The summed E-state index contributed by atoms with van der Waals surface area (Å²) in [4.78, 5) is 14.5. The molecule has 0 aromatic heterocycles. The van der Waals surface area contributed by atoms with E-state index in [4.69, 9.17) is 4.74 Å². The number of likely N-dealkylation sites (tertiary alicyclic amines) is 1. The zero-order valence-corrected chi connectivity index (χ0v) is 15.3. The van der Waals surface area contributed by atoms with Gasteiger partial charge in [-0.25, -0.2) is 0 Å². The van der Waals surface area contributed by atoms with Crippen LogP contribution >= 0.6 is 0 Å². The van der Waals surface area contributed by atoms with Gasteiger partial charge in [0, 0.05) is 13.0 Å². The fourth-order valence-corrected chi connectivity index (χ4v) is 3.33. The van der Waals surface area contributed by atoms with Crippen molar-refractivity contribution in [3.8, 4) is 5.75 Å². The predicted octanol–water partition coefficient (Wildman–Crippen LogP) is 3.32. The van der Waals surface area contributed by atoms with Crippen LogP contribution in [0.3, 0.4) is 0 Å². The third-order valence-electron chi connectivity index (χ3n) is 4.77. The summed E-state index contributed by atoms with van der Waals surface area (Å²) in [5.41, 5.74) is 2.31. The molecule has 0 spiro atoms. The van der Waals surface area contributed by atoms with E-state index in [-0.39, 0.29) is 5.91 Å². The first kappa shape index (κ1) is 18.8. The van der Waals surface area contributed by atoms with Crippen LogP contribution in [0.2, 0.25) is 0 Å². The molecule has 134 valence electrons. The molecule has 1 aliphatic rings. The van der Waals surface area contributed by atoms with Gasteiger partial charge in [0.25, 0.3) is 0 Å². The maximum atomic E-state index is 12.0. The molecule has 1 aliphatic heterocycles. The van der Waals surface area contributed by atoms with E-state index in [0.29, 0.717) is 6.42 Å². The Labute approximate surface area is 146 Å². The maximum Gasteiger partial charge on any atom is 0.220 e. The zero-order valence-electron chi connectivity index (χ0n) is 15.3. The van der Waals surface area contributed by atoms with Gasteiger partial charge in [-0.3, -0.25) is 4.79 Å². The van der Waals surface area contributed by atoms with Crippen molar-refractivity contribution in [1.29, 1.82) is 0 Å². The van der Waals surface area contributed by atoms with Gasteiger partial charge in [0.1, 0.15) is 5.75 Å². The molecule has 1 heterocycles. The Morgan fingerprint density at radius 2 is 1.96 bits per heavy atom. The number of rotatable bonds is 8. The van der Waals surface area contributed by atoms with Crippen LogP contribution in [-0.4, -0.2) is 44.1 Å². The minimum Gasteiger partial charge on any atom is -0.496 e. The van der Waals surface area contributed by atoms with Crippen LogP contribution in [0, 0.1) is 6.92 Å². The quantitative estimate of drug-likeness (QED) is 0.743. The number of benzene rings is 1. The standard InChI is InChI=1S/C20H32N2O2/c1-17-16-18(8-10-19(17)24-2)9-11-20(23)21-12-7-15-22-13-5-3-4-6-14-22/h8,10,16H,3-7,9,11-15H2,1-2H3,(H,21,23). The second-order valence-electron chi connectivity index (χ2n) is 6.76. The number of ether oxygens (including phenoxy) is 1. The molecule has 0 atom stereocenters. The van der Waals surface area contributed by atoms with E-state index in [0.717, 1.165) is 37.2 Å². The highest BCUT2D eigenvalue weighted by molar-refractivity contribution is 5.76. The highest BCUT2D eigenvalue weighted by Crippen LogP contribution is 2.19. The van der Waals surface area contributed by atoms with E-state index >= 15 is 0 Å². The molecule has 0 radical (unpaired) electrons. The molecule has 1 amide bonds. The summed E-state index contributed by atoms with van der Waals surface area (Å²) in [6, 6.07) is 6.12. The molecule has 1 fully saturated rings. The van der Waals surface area contributed by atoms with Gasteiger partial charge < -0.3 is 15.0 Å². The van der Waals surface area contributed by atoms with Gasteiger partial charge in [0.15, 0.2) is 0 Å². The third-order valence-corrected chi connectivity index (χ3v) is 4.77. The highest BCUT2D eigenvalue weighted by atomic mass is 16.5. The molecule has 0 bridgehead atoms. The first-order chi connectivity index (χ1) is 11.7. The van der Waals surface area contributed by atoms with Crippen molar-refractivity contribution in [3.05, 3.63) is 29.3 Å². The van der Waals surface area contributed by atoms with Gasteiger partial charge in [-0.2, -0.15) is 0 Å². The summed E-state index contributed by atoms with van der Waals surface area (Å²) in [5.74, 6) is 1.05. The molecule has 1 aromatic rings. The first-order valence-corrected chi connectivity index (χ1v) is 9.31. The zero-order chi connectivity index (χ0) is 17.2. The number of aryl methyl sites for hydroxylation is 2. The smallest absolute Gasteiger partial charge is 0.220 e. The van der Waals surface area contributed by atoms with E-state index in [2.05, 4.69) is 16.3 Å². The van der Waals surface area contributed by atoms with Crippen LogP contribution in [0.25, 0.3) is 0 Å². The van der Waals surface area contributed by atoms with Gasteiger partial charge >= 0.3 is 0 Å². The van der Waals surface area contributed by atoms with Crippen LogP contribution in [0.1, 0.15) is 49.7 Å². The molecule has 1 aromatic carbocycles. The average molecular weight is 332 g/mol. The van der Waals surface area contributed by atoms with Crippen molar-refractivity contribution in [2.75, 3.05) is 33.3 Å². The first-order valence-electron chi connectivity index (χ1n) is 9.31. The number of hydrogen-bond acceptors (Lipinski definition) is 3. The lowest BCUT2D eigenvalue weighted by Crippen LogP contribution is -2.30. The van der Waals surface area contributed by atoms with Crippen molar-refractivity contribution in [2.45, 2.75) is 51.9 Å². The normalized spacial score (nSPS) is 15.8. The summed E-state index contributed by atoms with van der Waals surface area (Å²) in [6.45, 7) is 6.38. The van der Waals surface area contributed by atoms with E-state index in [9.17, 15) is 4.79 Å². The van der Waals surface area contributed by atoms with Gasteiger partial charge in [-0.15, -0.1) is 0 Å². The Kier molecular flexibility index (Phi) is 8.10. The summed E-state index contributed by atoms with van der Waals surface area (Å²) < 4.78 is 5.27. The Hall–Kier alpha value is -1.55. The molecule has 4 heteroatoms. The SMILES string of the molecule is COc1ccc(CCC(=O)NCCCN2CCCCCC2)cc1C. The molecule has 2 rings (SSSR count). The van der Waals surface area contributed by atoms with Gasteiger partial charge in [-0.1, -0.05) is 25.0 Å². The molecule has 24 heavy (non-hydrogen) atoms. The number of hydrogen-bond donors (Lipinski definition) is 1. The monoisotopic (exact) mass is 332 g/mol. The van der Waals surface area contributed by atoms with Crippen LogP contribution in [0.4, 0.5) is 0 Å². The van der Waals surface area contributed by atoms with E-state index in [1.165, 1.54) is 44.3 Å². The van der Waals surface area contributed by atoms with Crippen LogP contribution < -0.4 is 10.1 Å². The molecular weight excluding hydrogens is 300 g/mol. The lowest BCUT2D eigenvalue weighted by atomic mass is 10.1. The topological polar surface area (TPSA) is 41.6 Å². The van der Waals surface area contributed by atoms with E-state index in [1.54, 1.807) is 7.11 Å². The minimum absolute atomic E-state index is 0.152. The summed E-state index contributed by atoms with van der Waals surface area (Å²) in [6.07, 6.45) is 7.78. The largest absolute Gasteiger partial charge is 0.496 e. The number of methoxy groups -OCH3 is 1. The Bertz CT molecular complexity index is 508. The number of nitrogens with one attached hydrogen (secondary N) is 1. The summed E-state index contributed by atoms with van der Waals surface area (Å²) in [5, 5.41) is 3.05. The molecule has 1 N–H and O–H groups in total. The molecule has 4 nitrogen and oxygen atoms in total. The second kappa shape index (κ2) is 10.3. The summed E-state index contributed by atoms with van der Waals surface area (Å²) >= 11 is 0. The summed E-state index contributed by atoms with van der Waals surface area (Å²) in [7, 11) is 1.68. The molecule has 0 saturated carbocycles. The number of amides is 1. The van der Waals surface area contributed by atoms with Crippen LogP contribution in [0.15, 0.2) is 18.2 Å². The average Bonchev–Trinajstić information content (AvgIpc) is 2.86. The lowest BCUT2D eigenvalue weighted by Gasteiger charge is -2.19. The fourth-order valence-electron chi connectivity index (χ4n) is 3.33. The Morgan fingerprint density at radius 3 is 2.62 bits per heavy atom. The number of carbonyl (C=O) groups excluding carboxylic acids is 1. The van der Waals surface area contributed by atoms with Crippen LogP contribution in [0.5, 0.6) is 5.75 Å². The van der Waals surface area contributed by atoms with Crippen molar-refractivity contribution in [1.82, 2.24) is 10.2 Å². The lowest BCUT2D eigenvalue weighted by molar-refractivity contribution is -0.121. The number of nitrogens with zero attached hydrogens (tertiary/aromatic N) is 1. The predicted molar refractivity (Wildman–Crippen MR) is 98.6 cm³/mol. The van der Waals surface area contributed by atoms with Crippen molar-refractivity contribution in [3.63, 3.8) is 0 Å². The Balaban J connectivity index is 1.60. The van der Waals surface area contributed by atoms with Gasteiger partial charge in [0.2, 0.25) is 5.91 Å². The fraction of sp³-hybridized carbons (Fsp3) is 0.650. The van der Waals surface area contributed by atoms with E-state index < -0.39 is 0 Å². The van der Waals surface area contributed by atoms with Crippen molar-refractivity contribution in [2.24, 2.45) is 0 Å². The van der Waals surface area contributed by atoms with Crippen LogP contribution in [-0.2, 0) is 11.2 Å². The number of carbonyl (C=O) groups is 1. The molecular formula is C20H32N2O2. The van der Waals surface area contributed by atoms with Gasteiger partial charge in [-0.05, 0) is 69.4 Å². The van der Waals surface area contributed by atoms with E-state index in [1.807, 2.05) is 19.1 Å². The molecule has 1 saturated heterocycles. The minimum atomic E-state index is 0.152. The third kappa shape index (κ3) is 6.52. The van der Waals surface area contributed by atoms with Gasteiger partial charge in [0.05, 0.1) is 7.11 Å². The van der Waals surface area contributed by atoms with Crippen molar-refractivity contribution < 1.29 is 9.53 Å². The molecule has 0 aliphatic carbocycles. The Morgan fingerprint density at radius 1 is 1.21 bits per heavy atom. The highest BCUT2D eigenvalue weighted by Gasteiger charge is 2.09. The maximum absolute atomic E-state index is 12.0. The van der Waals surface area contributed by atoms with Crippen molar-refractivity contribution >= 4 is 5.91 Å². The molecule has 0 unspecified atom stereocenters.